The smallest absolute Gasteiger partial charge is 0.176 e. The van der Waals surface area contributed by atoms with Crippen molar-refractivity contribution in [3.8, 4) is 0 Å². The molecular weight excluding hydrogens is 564 g/mol. The summed E-state index contributed by atoms with van der Waals surface area (Å²) < 4.78 is 0. The molecular formula is C40H34N6. The normalized spacial score (nSPS) is 12.7. The lowest BCUT2D eigenvalue weighted by molar-refractivity contribution is 1.03. The fraction of sp³-hybridized carbons (Fsp3) is 0.0500. The largest absolute Gasteiger partial charge is 0.259 e. The van der Waals surface area contributed by atoms with Crippen molar-refractivity contribution in [2.45, 2.75) is 13.8 Å². The molecule has 0 saturated heterocycles. The first kappa shape index (κ1) is 29.9. The number of allylic oxidation sites excluding steroid dienone is 4. The van der Waals surface area contributed by atoms with E-state index < -0.39 is 0 Å². The Morgan fingerprint density at radius 3 is 1.09 bits per heavy atom. The van der Waals surface area contributed by atoms with Gasteiger partial charge in [0, 0.05) is 21.9 Å². The second kappa shape index (κ2) is 14.6. The number of hydrogen-bond acceptors (Lipinski definition) is 6. The van der Waals surface area contributed by atoms with E-state index in [1.54, 1.807) is 0 Å². The zero-order valence-electron chi connectivity index (χ0n) is 25.8. The summed E-state index contributed by atoms with van der Waals surface area (Å²) in [5, 5.41) is 20.4. The van der Waals surface area contributed by atoms with E-state index in [9.17, 15) is 0 Å². The molecule has 6 heteroatoms. The van der Waals surface area contributed by atoms with E-state index >= 15 is 0 Å². The number of hydrazone groups is 2. The Morgan fingerprint density at radius 2 is 0.739 bits per heavy atom. The van der Waals surface area contributed by atoms with E-state index in [1.165, 1.54) is 0 Å². The van der Waals surface area contributed by atoms with Gasteiger partial charge in [-0.2, -0.15) is 10.2 Å². The first-order valence-electron chi connectivity index (χ1n) is 15.2. The van der Waals surface area contributed by atoms with Crippen molar-refractivity contribution in [3.05, 3.63) is 180 Å². The molecule has 0 aliphatic rings. The van der Waals surface area contributed by atoms with Crippen LogP contribution in [-0.4, -0.2) is 21.6 Å². The van der Waals surface area contributed by atoms with Crippen LogP contribution in [0, 0.1) is 0 Å². The lowest BCUT2D eigenvalue weighted by Gasteiger charge is -2.11. The van der Waals surface area contributed by atoms with E-state index in [-0.39, 0.29) is 0 Å². The van der Waals surface area contributed by atoms with Gasteiger partial charge in [-0.3, -0.25) is 10.9 Å². The standard InChI is InChI=1S/C40H34N6/c1-29(31-17-7-3-8-18-31)27-37(33-21-11-5-12-22-33)41-43-39-35-25-15-16-26-36(35)40(46-45-39)44-42-38(34-23-13-6-14-24-34)28-30(2)32-19-9-4-10-20-32/h3-28H,1-2H3,(H,43,45)(H,44,46)/b29-27+,30-28+,41-37-,42-38+. The minimum atomic E-state index is 0.549. The Hall–Kier alpha value is -6.14. The van der Waals surface area contributed by atoms with E-state index in [2.05, 4.69) is 71.3 Å². The van der Waals surface area contributed by atoms with Crippen LogP contribution in [0.15, 0.2) is 168 Å². The number of nitrogens with one attached hydrogen (secondary N) is 2. The van der Waals surface area contributed by atoms with Crippen molar-refractivity contribution in [2.24, 2.45) is 10.2 Å². The van der Waals surface area contributed by atoms with Crippen LogP contribution in [0.3, 0.4) is 0 Å². The molecule has 0 aliphatic heterocycles. The van der Waals surface area contributed by atoms with Crippen LogP contribution >= 0.6 is 0 Å². The highest BCUT2D eigenvalue weighted by atomic mass is 15.4. The molecule has 0 bridgehead atoms. The van der Waals surface area contributed by atoms with E-state index in [0.717, 1.165) is 55.6 Å². The van der Waals surface area contributed by atoms with E-state index in [4.69, 9.17) is 10.2 Å². The summed E-state index contributed by atoms with van der Waals surface area (Å²) in [6.07, 6.45) is 4.15. The third-order valence-corrected chi connectivity index (χ3v) is 7.56. The van der Waals surface area contributed by atoms with Gasteiger partial charge in [-0.25, -0.2) is 0 Å². The molecule has 46 heavy (non-hydrogen) atoms. The molecule has 0 amide bonds. The van der Waals surface area contributed by atoms with Gasteiger partial charge in [0.2, 0.25) is 0 Å². The Kier molecular flexibility index (Phi) is 9.46. The second-order valence-electron chi connectivity index (χ2n) is 10.8. The van der Waals surface area contributed by atoms with Gasteiger partial charge in [0.25, 0.3) is 0 Å². The summed E-state index contributed by atoms with van der Waals surface area (Å²) in [5.74, 6) is 1.10. The van der Waals surface area contributed by atoms with E-state index in [0.29, 0.717) is 11.6 Å². The molecule has 1 heterocycles. The fourth-order valence-corrected chi connectivity index (χ4v) is 5.05. The van der Waals surface area contributed by atoms with Crippen molar-refractivity contribution in [2.75, 3.05) is 10.9 Å². The average Bonchev–Trinajstić information content (AvgIpc) is 3.13. The van der Waals surface area contributed by atoms with Gasteiger partial charge in [0.15, 0.2) is 11.6 Å². The summed E-state index contributed by atoms with van der Waals surface area (Å²) in [7, 11) is 0. The lowest BCUT2D eigenvalue weighted by Crippen LogP contribution is -2.07. The van der Waals surface area contributed by atoms with Crippen LogP contribution in [0.1, 0.15) is 36.1 Å². The molecule has 224 valence electrons. The van der Waals surface area contributed by atoms with Crippen molar-refractivity contribution in [3.63, 3.8) is 0 Å². The third-order valence-electron chi connectivity index (χ3n) is 7.56. The molecule has 1 aromatic heterocycles. The van der Waals surface area contributed by atoms with Crippen molar-refractivity contribution in [1.29, 1.82) is 0 Å². The predicted molar refractivity (Wildman–Crippen MR) is 193 cm³/mol. The zero-order valence-corrected chi connectivity index (χ0v) is 25.8. The number of nitrogens with zero attached hydrogens (tertiary/aromatic N) is 4. The monoisotopic (exact) mass is 598 g/mol. The topological polar surface area (TPSA) is 74.6 Å². The van der Waals surface area contributed by atoms with Crippen molar-refractivity contribution in [1.82, 2.24) is 10.2 Å². The first-order valence-corrected chi connectivity index (χ1v) is 15.2. The van der Waals surface area contributed by atoms with Gasteiger partial charge < -0.3 is 0 Å². The van der Waals surface area contributed by atoms with Gasteiger partial charge in [-0.1, -0.05) is 146 Å². The molecule has 0 fully saturated rings. The maximum atomic E-state index is 4.82. The minimum absolute atomic E-state index is 0.549. The number of anilines is 2. The fourth-order valence-electron chi connectivity index (χ4n) is 5.05. The number of aromatic nitrogens is 2. The maximum Gasteiger partial charge on any atom is 0.176 e. The molecule has 0 atom stereocenters. The van der Waals surface area contributed by atoms with Crippen LogP contribution in [0.25, 0.3) is 21.9 Å². The van der Waals surface area contributed by atoms with Crippen LogP contribution in [-0.2, 0) is 0 Å². The van der Waals surface area contributed by atoms with Crippen LogP contribution in [0.4, 0.5) is 11.6 Å². The van der Waals surface area contributed by atoms with Crippen LogP contribution < -0.4 is 10.9 Å². The predicted octanol–water partition coefficient (Wildman–Crippen LogP) is 9.47. The molecule has 0 aliphatic carbocycles. The molecule has 0 radical (unpaired) electrons. The van der Waals surface area contributed by atoms with Gasteiger partial charge in [-0.05, 0) is 48.3 Å². The van der Waals surface area contributed by atoms with Crippen LogP contribution in [0.5, 0.6) is 0 Å². The van der Waals surface area contributed by atoms with Gasteiger partial charge in [0.1, 0.15) is 0 Å². The quantitative estimate of drug-likeness (QED) is 0.122. The summed E-state index contributed by atoms with van der Waals surface area (Å²) in [6, 6.07) is 48.7. The molecule has 6 rings (SSSR count). The highest BCUT2D eigenvalue weighted by Gasteiger charge is 2.11. The molecule has 6 nitrogen and oxygen atoms in total. The Morgan fingerprint density at radius 1 is 0.435 bits per heavy atom. The minimum Gasteiger partial charge on any atom is -0.259 e. The van der Waals surface area contributed by atoms with Crippen molar-refractivity contribution < 1.29 is 0 Å². The Bertz CT molecular complexity index is 1880. The molecule has 0 unspecified atom stereocenters. The number of benzene rings is 5. The highest BCUT2D eigenvalue weighted by Crippen LogP contribution is 2.27. The molecule has 5 aromatic carbocycles. The summed E-state index contributed by atoms with van der Waals surface area (Å²) in [6.45, 7) is 4.18. The highest BCUT2D eigenvalue weighted by molar-refractivity contribution is 6.13. The molecule has 2 N–H and O–H groups in total. The van der Waals surface area contributed by atoms with Gasteiger partial charge in [0.05, 0.1) is 11.4 Å². The Labute approximate surface area is 269 Å². The van der Waals surface area contributed by atoms with Gasteiger partial charge in [-0.15, -0.1) is 10.2 Å². The van der Waals surface area contributed by atoms with Gasteiger partial charge >= 0.3 is 0 Å². The number of fused-ring (bicyclic) bond motifs is 1. The zero-order chi connectivity index (χ0) is 31.6. The number of hydrogen-bond donors (Lipinski definition) is 2. The summed E-state index contributed by atoms with van der Waals surface area (Å²) in [5.41, 5.74) is 14.4. The molecule has 0 saturated carbocycles. The van der Waals surface area contributed by atoms with Crippen molar-refractivity contribution >= 4 is 45.0 Å². The second-order valence-corrected chi connectivity index (χ2v) is 10.8. The molecule has 0 spiro atoms. The third kappa shape index (κ3) is 7.31. The Balaban J connectivity index is 1.34. The first-order chi connectivity index (χ1) is 22.7. The lowest BCUT2D eigenvalue weighted by atomic mass is 10.0. The van der Waals surface area contributed by atoms with Crippen LogP contribution in [0.2, 0.25) is 0 Å². The molecule has 6 aromatic rings. The maximum absolute atomic E-state index is 4.82. The summed E-state index contributed by atoms with van der Waals surface area (Å²) in [4.78, 5) is 0. The van der Waals surface area contributed by atoms with E-state index in [1.807, 2.05) is 121 Å². The average molecular weight is 599 g/mol. The SMILES string of the molecule is C/C(=C\C(=N\Nc1nnc(N/N=C(\C=C(/C)c2ccccc2)c2ccccc2)c2ccccc12)c1ccccc1)c1ccccc1. The number of rotatable bonds is 10. The summed E-state index contributed by atoms with van der Waals surface area (Å²) >= 11 is 0.